The summed E-state index contributed by atoms with van der Waals surface area (Å²) in [4.78, 5) is 14.1. The third-order valence-electron chi connectivity index (χ3n) is 5.09. The molecule has 1 heterocycles. The van der Waals surface area contributed by atoms with Crippen LogP contribution in [0, 0.1) is 5.82 Å². The third kappa shape index (κ3) is 2.79. The molecule has 0 radical (unpaired) electrons. The second kappa shape index (κ2) is 6.09. The molecule has 4 aromatic rings. The fraction of sp³-hybridized carbons (Fsp3) is 0.0870. The first-order valence-electron chi connectivity index (χ1n) is 8.89. The van der Waals surface area contributed by atoms with Gasteiger partial charge < -0.3 is 4.42 Å². The van der Waals surface area contributed by atoms with E-state index in [4.69, 9.17) is 4.42 Å². The zero-order chi connectivity index (χ0) is 18.4. The van der Waals surface area contributed by atoms with Crippen molar-refractivity contribution in [2.45, 2.75) is 12.8 Å². The Hall–Kier alpha value is -3.40. The minimum atomic E-state index is -0.470. The second-order valence-electron chi connectivity index (χ2n) is 6.79. The van der Waals surface area contributed by atoms with Crippen molar-refractivity contribution in [1.29, 1.82) is 0 Å². The van der Waals surface area contributed by atoms with E-state index in [1.807, 2.05) is 36.4 Å². The minimum Gasteiger partial charge on any atom is -0.408 e. The highest BCUT2D eigenvalue weighted by atomic mass is 19.1. The van der Waals surface area contributed by atoms with Crippen LogP contribution in [0.25, 0.3) is 22.7 Å². The van der Waals surface area contributed by atoms with Crippen molar-refractivity contribution in [2.24, 2.45) is 0 Å². The average molecular weight is 357 g/mol. The van der Waals surface area contributed by atoms with Crippen LogP contribution >= 0.6 is 0 Å². The Morgan fingerprint density at radius 2 is 1.74 bits per heavy atom. The molecule has 1 aliphatic rings. The van der Waals surface area contributed by atoms with Crippen LogP contribution in [0.15, 0.2) is 69.9 Å². The number of H-pyrrole nitrogens is 1. The Kier molecular flexibility index (Phi) is 3.57. The molecule has 1 aliphatic carbocycles. The predicted octanol–water partition coefficient (Wildman–Crippen LogP) is 4.95. The summed E-state index contributed by atoms with van der Waals surface area (Å²) in [6, 6.07) is 18.8. The SMILES string of the molecule is O=c1[nH]c2cc(C=C3c4ccccc4CCc4ccc(F)cc43)ccc2o1. The monoisotopic (exact) mass is 357 g/mol. The molecule has 0 spiro atoms. The van der Waals surface area contributed by atoms with E-state index in [-0.39, 0.29) is 5.82 Å². The van der Waals surface area contributed by atoms with Gasteiger partial charge in [-0.25, -0.2) is 9.18 Å². The molecule has 5 rings (SSSR count). The molecule has 3 nitrogen and oxygen atoms in total. The Morgan fingerprint density at radius 1 is 0.926 bits per heavy atom. The zero-order valence-electron chi connectivity index (χ0n) is 14.5. The topological polar surface area (TPSA) is 46.0 Å². The summed E-state index contributed by atoms with van der Waals surface area (Å²) in [6.45, 7) is 0. The standard InChI is InChI=1S/C23H16FNO2/c24-17-9-8-16-7-6-15-3-1-2-4-18(15)20(19(16)13-17)11-14-5-10-22-21(12-14)25-23(26)27-22/h1-5,8-13H,6-7H2,(H,25,26). The van der Waals surface area contributed by atoms with Crippen LogP contribution in [-0.2, 0) is 12.8 Å². The number of halogens is 1. The van der Waals surface area contributed by atoms with Crippen LogP contribution in [0.4, 0.5) is 4.39 Å². The summed E-state index contributed by atoms with van der Waals surface area (Å²) in [5, 5.41) is 0. The molecule has 0 saturated heterocycles. The first kappa shape index (κ1) is 15.8. The summed E-state index contributed by atoms with van der Waals surface area (Å²) in [7, 11) is 0. The predicted molar refractivity (Wildman–Crippen MR) is 104 cm³/mol. The van der Waals surface area contributed by atoms with Crippen LogP contribution in [0.5, 0.6) is 0 Å². The van der Waals surface area contributed by atoms with Gasteiger partial charge in [0.15, 0.2) is 5.58 Å². The van der Waals surface area contributed by atoms with Gasteiger partial charge in [-0.1, -0.05) is 36.4 Å². The van der Waals surface area contributed by atoms with Crippen LogP contribution < -0.4 is 5.76 Å². The van der Waals surface area contributed by atoms with E-state index in [9.17, 15) is 9.18 Å². The van der Waals surface area contributed by atoms with Gasteiger partial charge in [-0.15, -0.1) is 0 Å². The van der Waals surface area contributed by atoms with Crippen LogP contribution in [-0.4, -0.2) is 4.98 Å². The van der Waals surface area contributed by atoms with Gasteiger partial charge in [0, 0.05) is 0 Å². The molecule has 0 unspecified atom stereocenters. The molecule has 0 fully saturated rings. The van der Waals surface area contributed by atoms with Crippen molar-refractivity contribution in [3.05, 3.63) is 105 Å². The Morgan fingerprint density at radius 3 is 2.63 bits per heavy atom. The molecule has 1 N–H and O–H groups in total. The average Bonchev–Trinajstić information content (AvgIpc) is 2.97. The van der Waals surface area contributed by atoms with E-state index in [0.29, 0.717) is 11.1 Å². The summed E-state index contributed by atoms with van der Waals surface area (Å²) in [5.74, 6) is -0.712. The Bertz CT molecular complexity index is 1260. The number of hydrogen-bond donors (Lipinski definition) is 1. The highest BCUT2D eigenvalue weighted by molar-refractivity contribution is 5.95. The van der Waals surface area contributed by atoms with Gasteiger partial charge in [0.2, 0.25) is 0 Å². The molecule has 3 aromatic carbocycles. The maximum atomic E-state index is 14.0. The molecular formula is C23H16FNO2. The van der Waals surface area contributed by atoms with Gasteiger partial charge in [0.1, 0.15) is 5.82 Å². The van der Waals surface area contributed by atoms with Crippen molar-refractivity contribution in [2.75, 3.05) is 0 Å². The molecule has 0 saturated carbocycles. The number of aromatic amines is 1. The third-order valence-corrected chi connectivity index (χ3v) is 5.09. The lowest BCUT2D eigenvalue weighted by Gasteiger charge is -2.12. The number of fused-ring (bicyclic) bond motifs is 3. The van der Waals surface area contributed by atoms with E-state index in [1.165, 1.54) is 11.6 Å². The molecule has 132 valence electrons. The number of rotatable bonds is 1. The Labute approximate surface area is 154 Å². The first-order chi connectivity index (χ1) is 13.2. The van der Waals surface area contributed by atoms with Crippen molar-refractivity contribution < 1.29 is 8.81 Å². The lowest BCUT2D eigenvalue weighted by atomic mass is 9.92. The summed E-state index contributed by atoms with van der Waals surface area (Å²) >= 11 is 0. The molecule has 1 aromatic heterocycles. The number of benzene rings is 3. The lowest BCUT2D eigenvalue weighted by Crippen LogP contribution is -1.94. The number of oxazole rings is 1. The molecule has 0 atom stereocenters. The van der Waals surface area contributed by atoms with Crippen molar-refractivity contribution in [3.8, 4) is 0 Å². The number of hydrogen-bond acceptors (Lipinski definition) is 2. The minimum absolute atomic E-state index is 0.242. The van der Waals surface area contributed by atoms with Gasteiger partial charge in [-0.2, -0.15) is 0 Å². The molecule has 0 aliphatic heterocycles. The van der Waals surface area contributed by atoms with Gasteiger partial charge in [-0.05, 0) is 76.6 Å². The molecule has 4 heteroatoms. The first-order valence-corrected chi connectivity index (χ1v) is 8.89. The summed E-state index contributed by atoms with van der Waals surface area (Å²) < 4.78 is 19.1. The smallest absolute Gasteiger partial charge is 0.408 e. The van der Waals surface area contributed by atoms with Gasteiger partial charge in [0.05, 0.1) is 5.52 Å². The van der Waals surface area contributed by atoms with Crippen molar-refractivity contribution >= 4 is 22.7 Å². The van der Waals surface area contributed by atoms with E-state index in [1.54, 1.807) is 12.1 Å². The quantitative estimate of drug-likeness (QED) is 0.524. The number of aryl methyl sites for hydroxylation is 2. The highest BCUT2D eigenvalue weighted by Gasteiger charge is 2.18. The van der Waals surface area contributed by atoms with Crippen LogP contribution in [0.3, 0.4) is 0 Å². The summed E-state index contributed by atoms with van der Waals surface area (Å²) in [5.41, 5.74) is 7.49. The van der Waals surface area contributed by atoms with Gasteiger partial charge in [-0.3, -0.25) is 4.98 Å². The van der Waals surface area contributed by atoms with Crippen molar-refractivity contribution in [1.82, 2.24) is 4.98 Å². The second-order valence-corrected chi connectivity index (χ2v) is 6.79. The van der Waals surface area contributed by atoms with E-state index in [2.05, 4.69) is 17.1 Å². The van der Waals surface area contributed by atoms with Crippen LogP contribution in [0.1, 0.15) is 27.8 Å². The maximum absolute atomic E-state index is 14.0. The molecular weight excluding hydrogens is 341 g/mol. The van der Waals surface area contributed by atoms with E-state index in [0.717, 1.165) is 40.7 Å². The largest absolute Gasteiger partial charge is 0.417 e. The normalized spacial score (nSPS) is 14.8. The van der Waals surface area contributed by atoms with Crippen molar-refractivity contribution in [3.63, 3.8) is 0 Å². The lowest BCUT2D eigenvalue weighted by molar-refractivity contribution is 0.555. The van der Waals surface area contributed by atoms with Gasteiger partial charge >= 0.3 is 5.76 Å². The fourth-order valence-corrected chi connectivity index (χ4v) is 3.81. The highest BCUT2D eigenvalue weighted by Crippen LogP contribution is 2.35. The van der Waals surface area contributed by atoms with E-state index < -0.39 is 5.76 Å². The molecule has 0 bridgehead atoms. The molecule has 0 amide bonds. The summed E-state index contributed by atoms with van der Waals surface area (Å²) in [6.07, 6.45) is 3.84. The van der Waals surface area contributed by atoms with Gasteiger partial charge in [0.25, 0.3) is 0 Å². The number of nitrogens with one attached hydrogen (secondary N) is 1. The number of aromatic nitrogens is 1. The van der Waals surface area contributed by atoms with E-state index >= 15 is 0 Å². The van der Waals surface area contributed by atoms with Crippen LogP contribution in [0.2, 0.25) is 0 Å². The Balaban J connectivity index is 1.76. The zero-order valence-corrected chi connectivity index (χ0v) is 14.5. The molecule has 27 heavy (non-hydrogen) atoms. The maximum Gasteiger partial charge on any atom is 0.417 e. The fourth-order valence-electron chi connectivity index (χ4n) is 3.81.